The number of carbonyl (C=O) groups excluding carboxylic acids is 1. The van der Waals surface area contributed by atoms with Gasteiger partial charge in [0.05, 0.1) is 7.11 Å². The van der Waals surface area contributed by atoms with Crippen LogP contribution in [-0.4, -0.2) is 12.2 Å². The third-order valence-electron chi connectivity index (χ3n) is 3.53. The highest BCUT2D eigenvalue weighted by molar-refractivity contribution is 8.14. The summed E-state index contributed by atoms with van der Waals surface area (Å²) in [5, 5.41) is 0.0568. The second-order valence-corrected chi connectivity index (χ2v) is 6.27. The van der Waals surface area contributed by atoms with Crippen LogP contribution in [0.4, 0.5) is 0 Å². The van der Waals surface area contributed by atoms with Crippen LogP contribution >= 0.6 is 11.8 Å². The van der Waals surface area contributed by atoms with Crippen LogP contribution in [0.2, 0.25) is 0 Å². The van der Waals surface area contributed by atoms with Gasteiger partial charge >= 0.3 is 0 Å². The van der Waals surface area contributed by atoms with Gasteiger partial charge in [-0.1, -0.05) is 31.9 Å². The Bertz CT molecular complexity index is 588. The van der Waals surface area contributed by atoms with Crippen molar-refractivity contribution in [3.63, 3.8) is 0 Å². The zero-order chi connectivity index (χ0) is 15.8. The first kappa shape index (κ1) is 16.6. The van der Waals surface area contributed by atoms with Crippen molar-refractivity contribution in [2.75, 3.05) is 7.11 Å². The van der Waals surface area contributed by atoms with E-state index in [0.29, 0.717) is 5.56 Å². The molecule has 0 spiro atoms. The average molecular weight is 314 g/mol. The maximum absolute atomic E-state index is 12.2. The van der Waals surface area contributed by atoms with Gasteiger partial charge in [-0.2, -0.15) is 0 Å². The van der Waals surface area contributed by atoms with E-state index in [1.54, 1.807) is 19.2 Å². The normalized spacial score (nSPS) is 10.5. The molecule has 0 amide bonds. The Kier molecular flexibility index (Phi) is 6.53. The number of hydrogen-bond donors (Lipinski definition) is 0. The lowest BCUT2D eigenvalue weighted by atomic mass is 10.1. The van der Waals surface area contributed by atoms with E-state index in [0.717, 1.165) is 17.1 Å². The predicted octanol–water partition coefficient (Wildman–Crippen LogP) is 5.36. The fraction of sp³-hybridized carbons (Fsp3) is 0.316. The molecule has 0 N–H and O–H groups in total. The minimum atomic E-state index is 0.0568. The molecule has 0 aliphatic rings. The van der Waals surface area contributed by atoms with Crippen molar-refractivity contribution in [2.24, 2.45) is 0 Å². The lowest BCUT2D eigenvalue weighted by Gasteiger charge is -2.05. The summed E-state index contributed by atoms with van der Waals surface area (Å²) < 4.78 is 5.10. The molecule has 0 atom stereocenters. The minimum absolute atomic E-state index is 0.0568. The fourth-order valence-electron chi connectivity index (χ4n) is 2.20. The molecule has 0 aliphatic carbocycles. The minimum Gasteiger partial charge on any atom is -0.497 e. The van der Waals surface area contributed by atoms with Crippen molar-refractivity contribution >= 4 is 16.9 Å². The number of unbranched alkanes of at least 4 members (excludes halogenated alkanes) is 2. The Morgan fingerprint density at radius 1 is 1.00 bits per heavy atom. The number of benzene rings is 2. The smallest absolute Gasteiger partial charge is 0.224 e. The highest BCUT2D eigenvalue weighted by Gasteiger charge is 2.08. The van der Waals surface area contributed by atoms with Gasteiger partial charge in [0, 0.05) is 10.5 Å². The van der Waals surface area contributed by atoms with Crippen molar-refractivity contribution in [3.8, 4) is 5.75 Å². The maximum Gasteiger partial charge on any atom is 0.224 e. The number of aryl methyl sites for hydroxylation is 1. The summed E-state index contributed by atoms with van der Waals surface area (Å²) in [6, 6.07) is 15.5. The first-order valence-corrected chi connectivity index (χ1v) is 8.49. The molecule has 0 radical (unpaired) electrons. The quantitative estimate of drug-likeness (QED) is 0.508. The molecular formula is C19H22O2S. The molecule has 0 heterocycles. The van der Waals surface area contributed by atoms with Gasteiger partial charge < -0.3 is 4.74 Å². The summed E-state index contributed by atoms with van der Waals surface area (Å²) in [5.74, 6) is 0.762. The van der Waals surface area contributed by atoms with Crippen molar-refractivity contribution in [3.05, 3.63) is 59.7 Å². The molecule has 3 heteroatoms. The second kappa shape index (κ2) is 8.64. The SMILES string of the molecule is CCCCCc1ccc(SC(=O)c2ccc(OC)cc2)cc1. The number of thioether (sulfide) groups is 1. The first-order chi connectivity index (χ1) is 10.7. The van der Waals surface area contributed by atoms with Crippen LogP contribution in [0, 0.1) is 0 Å². The molecule has 0 fully saturated rings. The first-order valence-electron chi connectivity index (χ1n) is 7.68. The molecule has 0 aromatic heterocycles. The van der Waals surface area contributed by atoms with Crippen LogP contribution in [0.3, 0.4) is 0 Å². The van der Waals surface area contributed by atoms with E-state index in [4.69, 9.17) is 4.74 Å². The molecule has 2 nitrogen and oxygen atoms in total. The lowest BCUT2D eigenvalue weighted by Crippen LogP contribution is -1.93. The number of carbonyl (C=O) groups is 1. The second-order valence-electron chi connectivity index (χ2n) is 5.22. The molecule has 2 rings (SSSR count). The van der Waals surface area contributed by atoms with Gasteiger partial charge in [0.1, 0.15) is 5.75 Å². The Morgan fingerprint density at radius 2 is 1.68 bits per heavy atom. The molecule has 116 valence electrons. The molecular weight excluding hydrogens is 292 g/mol. The Hall–Kier alpha value is -1.74. The summed E-state index contributed by atoms with van der Waals surface area (Å²) >= 11 is 1.27. The number of methoxy groups -OCH3 is 1. The van der Waals surface area contributed by atoms with E-state index >= 15 is 0 Å². The standard InChI is InChI=1S/C19H22O2S/c1-3-4-5-6-15-7-13-18(14-8-15)22-19(20)16-9-11-17(21-2)12-10-16/h7-14H,3-6H2,1-2H3. The zero-order valence-corrected chi connectivity index (χ0v) is 14.0. The fourth-order valence-corrected chi connectivity index (χ4v) is 2.94. The highest BCUT2D eigenvalue weighted by atomic mass is 32.2. The van der Waals surface area contributed by atoms with Gasteiger partial charge in [-0.25, -0.2) is 0 Å². The van der Waals surface area contributed by atoms with E-state index in [1.807, 2.05) is 24.3 Å². The molecule has 0 bridgehead atoms. The zero-order valence-electron chi connectivity index (χ0n) is 13.2. The number of ether oxygens (including phenoxy) is 1. The molecule has 0 saturated carbocycles. The van der Waals surface area contributed by atoms with E-state index in [-0.39, 0.29) is 5.12 Å². The monoisotopic (exact) mass is 314 g/mol. The van der Waals surface area contributed by atoms with Crippen LogP contribution in [0.5, 0.6) is 5.75 Å². The maximum atomic E-state index is 12.2. The topological polar surface area (TPSA) is 26.3 Å². The molecule has 2 aromatic carbocycles. The molecule has 2 aromatic rings. The Labute approximate surface area is 136 Å². The summed E-state index contributed by atoms with van der Waals surface area (Å²) in [6.07, 6.45) is 4.86. The Balaban J connectivity index is 1.93. The number of hydrogen-bond acceptors (Lipinski definition) is 3. The van der Waals surface area contributed by atoms with Crippen LogP contribution in [0.15, 0.2) is 53.4 Å². The van der Waals surface area contributed by atoms with E-state index < -0.39 is 0 Å². The summed E-state index contributed by atoms with van der Waals surface area (Å²) in [6.45, 7) is 2.21. The van der Waals surface area contributed by atoms with Crippen molar-refractivity contribution in [2.45, 2.75) is 37.5 Å². The largest absolute Gasteiger partial charge is 0.497 e. The summed E-state index contributed by atoms with van der Waals surface area (Å²) in [5.41, 5.74) is 2.03. The van der Waals surface area contributed by atoms with Crippen molar-refractivity contribution in [1.29, 1.82) is 0 Å². The molecule has 0 unspecified atom stereocenters. The summed E-state index contributed by atoms with van der Waals surface area (Å²) in [4.78, 5) is 13.2. The van der Waals surface area contributed by atoms with Crippen LogP contribution < -0.4 is 4.74 Å². The van der Waals surface area contributed by atoms with E-state index in [2.05, 4.69) is 19.1 Å². The summed E-state index contributed by atoms with van der Waals surface area (Å²) in [7, 11) is 1.62. The van der Waals surface area contributed by atoms with Gasteiger partial charge in [-0.3, -0.25) is 4.79 Å². The average Bonchev–Trinajstić information content (AvgIpc) is 2.57. The van der Waals surface area contributed by atoms with Crippen molar-refractivity contribution < 1.29 is 9.53 Å². The van der Waals surface area contributed by atoms with Gasteiger partial charge in [0.15, 0.2) is 0 Å². The van der Waals surface area contributed by atoms with Gasteiger partial charge in [0.2, 0.25) is 5.12 Å². The van der Waals surface area contributed by atoms with E-state index in [1.165, 1.54) is 36.6 Å². The molecule has 0 aliphatic heterocycles. The number of rotatable bonds is 7. The van der Waals surface area contributed by atoms with Crippen LogP contribution in [0.1, 0.15) is 42.1 Å². The third-order valence-corrected chi connectivity index (χ3v) is 4.46. The van der Waals surface area contributed by atoms with Gasteiger partial charge in [0.25, 0.3) is 0 Å². The third kappa shape index (κ3) is 4.92. The van der Waals surface area contributed by atoms with Crippen LogP contribution in [0.25, 0.3) is 0 Å². The van der Waals surface area contributed by atoms with Gasteiger partial charge in [-0.05, 0) is 66.6 Å². The van der Waals surface area contributed by atoms with Crippen LogP contribution in [-0.2, 0) is 6.42 Å². The van der Waals surface area contributed by atoms with Gasteiger partial charge in [-0.15, -0.1) is 0 Å². The Morgan fingerprint density at radius 3 is 2.27 bits per heavy atom. The lowest BCUT2D eigenvalue weighted by molar-refractivity contribution is 0.108. The molecule has 22 heavy (non-hydrogen) atoms. The molecule has 0 saturated heterocycles. The highest BCUT2D eigenvalue weighted by Crippen LogP contribution is 2.24. The predicted molar refractivity (Wildman–Crippen MR) is 92.9 cm³/mol. The van der Waals surface area contributed by atoms with E-state index in [9.17, 15) is 4.79 Å². The van der Waals surface area contributed by atoms with Crippen molar-refractivity contribution in [1.82, 2.24) is 0 Å².